The molecule has 0 aromatic carbocycles. The minimum Gasteiger partial charge on any atom is -0.333 e. The Labute approximate surface area is 139 Å². The molecule has 1 saturated carbocycles. The molecule has 3 atom stereocenters. The third-order valence-electron chi connectivity index (χ3n) is 4.47. The summed E-state index contributed by atoms with van der Waals surface area (Å²) in [4.78, 5) is 4.05. The Morgan fingerprint density at radius 1 is 1.45 bits per heavy atom. The number of nitrogens with zero attached hydrogens (tertiary/aromatic N) is 2. The van der Waals surface area contributed by atoms with Crippen molar-refractivity contribution in [1.82, 2.24) is 14.3 Å². The molecule has 0 amide bonds. The maximum absolute atomic E-state index is 12.5. The molecule has 3 N–H and O–H groups in total. The Morgan fingerprint density at radius 3 is 2.77 bits per heavy atom. The molecule has 0 bridgehead atoms. The maximum Gasteiger partial charge on any atom is 0.259 e. The second-order valence-electron chi connectivity index (χ2n) is 5.92. The van der Waals surface area contributed by atoms with E-state index in [0.29, 0.717) is 6.54 Å². The molecule has 3 unspecified atom stereocenters. The van der Waals surface area contributed by atoms with E-state index in [2.05, 4.69) is 16.6 Å². The van der Waals surface area contributed by atoms with Crippen LogP contribution in [0.2, 0.25) is 0 Å². The molecule has 1 heterocycles. The highest BCUT2D eigenvalue weighted by molar-refractivity contribution is 7.89. The van der Waals surface area contributed by atoms with Gasteiger partial charge in [-0.25, -0.2) is 18.1 Å². The average Bonchev–Trinajstić information content (AvgIpc) is 2.97. The number of sulfonamides is 1. The van der Waals surface area contributed by atoms with Crippen LogP contribution in [0.15, 0.2) is 17.6 Å². The Balaban J connectivity index is 0.00000242. The van der Waals surface area contributed by atoms with E-state index in [-0.39, 0.29) is 35.4 Å². The first-order valence-corrected chi connectivity index (χ1v) is 9.22. The topological polar surface area (TPSA) is 90.0 Å². The third-order valence-corrected chi connectivity index (χ3v) is 5.85. The predicted octanol–water partition coefficient (Wildman–Crippen LogP) is 2.07. The standard InChI is InChI=1S/C14H26N4O2S.ClH/c1-3-11(2)18-9-14(16-10-18)21(19,20)17-13-7-5-4-6-12(13)8-15;/h9-13,17H,3-8,15H2,1-2H3;1H. The highest BCUT2D eigenvalue weighted by Gasteiger charge is 2.29. The van der Waals surface area contributed by atoms with E-state index in [1.807, 2.05) is 11.5 Å². The first-order valence-electron chi connectivity index (χ1n) is 7.73. The lowest BCUT2D eigenvalue weighted by atomic mass is 9.85. The molecule has 1 aromatic heterocycles. The molecule has 1 aliphatic rings. The van der Waals surface area contributed by atoms with Gasteiger partial charge in [-0.1, -0.05) is 19.8 Å². The summed E-state index contributed by atoms with van der Waals surface area (Å²) in [7, 11) is -3.56. The zero-order valence-electron chi connectivity index (χ0n) is 13.2. The third kappa shape index (κ3) is 4.44. The molecule has 128 valence electrons. The largest absolute Gasteiger partial charge is 0.333 e. The van der Waals surface area contributed by atoms with Gasteiger partial charge >= 0.3 is 0 Å². The number of rotatable bonds is 6. The van der Waals surface area contributed by atoms with Crippen molar-refractivity contribution in [1.29, 1.82) is 0 Å². The lowest BCUT2D eigenvalue weighted by Crippen LogP contribution is -2.44. The summed E-state index contributed by atoms with van der Waals surface area (Å²) in [5.74, 6) is 0.227. The lowest BCUT2D eigenvalue weighted by molar-refractivity contribution is 0.296. The van der Waals surface area contributed by atoms with Crippen molar-refractivity contribution in [3.05, 3.63) is 12.5 Å². The summed E-state index contributed by atoms with van der Waals surface area (Å²) in [5, 5.41) is 0.101. The van der Waals surface area contributed by atoms with Gasteiger partial charge in [-0.3, -0.25) is 0 Å². The quantitative estimate of drug-likeness (QED) is 0.821. The van der Waals surface area contributed by atoms with Crippen molar-refractivity contribution >= 4 is 22.4 Å². The number of hydrogen-bond donors (Lipinski definition) is 2. The van der Waals surface area contributed by atoms with Gasteiger partial charge in [-0.05, 0) is 38.6 Å². The molecule has 22 heavy (non-hydrogen) atoms. The fraction of sp³-hybridized carbons (Fsp3) is 0.786. The van der Waals surface area contributed by atoms with Crippen LogP contribution in [0.5, 0.6) is 0 Å². The van der Waals surface area contributed by atoms with Crippen LogP contribution in [0.25, 0.3) is 0 Å². The Morgan fingerprint density at radius 2 is 2.14 bits per heavy atom. The summed E-state index contributed by atoms with van der Waals surface area (Å²) >= 11 is 0. The van der Waals surface area contributed by atoms with Crippen molar-refractivity contribution in [2.24, 2.45) is 11.7 Å². The van der Waals surface area contributed by atoms with Crippen LogP contribution in [0, 0.1) is 5.92 Å². The molecule has 6 nitrogen and oxygen atoms in total. The van der Waals surface area contributed by atoms with Gasteiger partial charge in [0.2, 0.25) is 0 Å². The number of halogens is 1. The van der Waals surface area contributed by atoms with Crippen LogP contribution in [-0.2, 0) is 10.0 Å². The van der Waals surface area contributed by atoms with Gasteiger partial charge < -0.3 is 10.3 Å². The smallest absolute Gasteiger partial charge is 0.259 e. The first-order chi connectivity index (χ1) is 9.97. The highest BCUT2D eigenvalue weighted by atomic mass is 35.5. The van der Waals surface area contributed by atoms with Crippen LogP contribution >= 0.6 is 12.4 Å². The first kappa shape index (κ1) is 19.4. The summed E-state index contributed by atoms with van der Waals surface area (Å²) in [5.41, 5.74) is 5.76. The summed E-state index contributed by atoms with van der Waals surface area (Å²) in [6.07, 6.45) is 8.15. The van der Waals surface area contributed by atoms with E-state index >= 15 is 0 Å². The number of nitrogens with two attached hydrogens (primary N) is 1. The molecule has 1 aliphatic carbocycles. The Bertz CT molecular complexity index is 561. The van der Waals surface area contributed by atoms with E-state index in [1.165, 1.54) is 0 Å². The van der Waals surface area contributed by atoms with Crippen molar-refractivity contribution in [3.8, 4) is 0 Å². The molecule has 1 aromatic rings. The second-order valence-corrected chi connectivity index (χ2v) is 7.59. The van der Waals surface area contributed by atoms with Crippen molar-refractivity contribution in [3.63, 3.8) is 0 Å². The second kappa shape index (κ2) is 8.29. The molecule has 0 spiro atoms. The van der Waals surface area contributed by atoms with Crippen molar-refractivity contribution in [2.75, 3.05) is 6.54 Å². The van der Waals surface area contributed by atoms with Gasteiger partial charge in [0.1, 0.15) is 0 Å². The van der Waals surface area contributed by atoms with Crippen LogP contribution < -0.4 is 10.5 Å². The Hall–Kier alpha value is -0.630. The number of imidazole rings is 1. The summed E-state index contributed by atoms with van der Waals surface area (Å²) in [6.45, 7) is 4.62. The maximum atomic E-state index is 12.5. The molecule has 8 heteroatoms. The zero-order chi connectivity index (χ0) is 15.5. The van der Waals surface area contributed by atoms with Crippen LogP contribution in [0.3, 0.4) is 0 Å². The van der Waals surface area contributed by atoms with Gasteiger partial charge in [0, 0.05) is 18.3 Å². The monoisotopic (exact) mass is 350 g/mol. The molecular weight excluding hydrogens is 324 g/mol. The average molecular weight is 351 g/mol. The van der Waals surface area contributed by atoms with E-state index in [1.54, 1.807) is 12.5 Å². The SMILES string of the molecule is CCC(C)n1cnc(S(=O)(=O)NC2CCCCC2CN)c1.Cl. The molecular formula is C14H27ClN4O2S. The van der Waals surface area contributed by atoms with Gasteiger partial charge in [0.25, 0.3) is 10.0 Å². The highest BCUT2D eigenvalue weighted by Crippen LogP contribution is 2.25. The normalized spacial score (nSPS) is 23.8. The van der Waals surface area contributed by atoms with E-state index in [0.717, 1.165) is 32.1 Å². The zero-order valence-corrected chi connectivity index (χ0v) is 14.9. The molecule has 2 rings (SSSR count). The predicted molar refractivity (Wildman–Crippen MR) is 89.6 cm³/mol. The minimum atomic E-state index is -3.56. The number of nitrogens with one attached hydrogen (secondary N) is 1. The van der Waals surface area contributed by atoms with Gasteiger partial charge in [0.05, 0.1) is 6.33 Å². The number of aromatic nitrogens is 2. The molecule has 1 fully saturated rings. The van der Waals surface area contributed by atoms with E-state index in [9.17, 15) is 8.42 Å². The van der Waals surface area contributed by atoms with Crippen LogP contribution in [0.1, 0.15) is 52.0 Å². The van der Waals surface area contributed by atoms with Gasteiger partial charge in [0.15, 0.2) is 5.03 Å². The van der Waals surface area contributed by atoms with Gasteiger partial charge in [-0.2, -0.15) is 0 Å². The molecule has 0 radical (unpaired) electrons. The summed E-state index contributed by atoms with van der Waals surface area (Å²) in [6, 6.07) is 0.176. The Kier molecular flexibility index (Phi) is 7.31. The fourth-order valence-corrected chi connectivity index (χ4v) is 4.09. The fourth-order valence-electron chi connectivity index (χ4n) is 2.81. The van der Waals surface area contributed by atoms with E-state index in [4.69, 9.17) is 5.73 Å². The van der Waals surface area contributed by atoms with Crippen LogP contribution in [-0.4, -0.2) is 30.6 Å². The van der Waals surface area contributed by atoms with E-state index < -0.39 is 10.0 Å². The molecule has 0 saturated heterocycles. The van der Waals surface area contributed by atoms with Gasteiger partial charge in [-0.15, -0.1) is 12.4 Å². The van der Waals surface area contributed by atoms with Crippen molar-refractivity contribution in [2.45, 2.75) is 63.1 Å². The lowest BCUT2D eigenvalue weighted by Gasteiger charge is -2.30. The van der Waals surface area contributed by atoms with Crippen molar-refractivity contribution < 1.29 is 8.42 Å². The molecule has 0 aliphatic heterocycles. The number of hydrogen-bond acceptors (Lipinski definition) is 4. The summed E-state index contributed by atoms with van der Waals surface area (Å²) < 4.78 is 29.6. The van der Waals surface area contributed by atoms with Crippen LogP contribution in [0.4, 0.5) is 0 Å². The minimum absolute atomic E-state index is 0.